The molecular formula is C14H22N2O3S. The molecule has 1 rings (SSSR count). The van der Waals surface area contributed by atoms with E-state index in [0.29, 0.717) is 30.8 Å². The molecule has 0 aromatic carbocycles. The van der Waals surface area contributed by atoms with Gasteiger partial charge in [0.25, 0.3) is 5.91 Å². The molecular weight excluding hydrogens is 276 g/mol. The van der Waals surface area contributed by atoms with E-state index in [0.717, 1.165) is 0 Å². The molecule has 0 fully saturated rings. The molecule has 0 atom stereocenters. The molecule has 0 bridgehead atoms. The van der Waals surface area contributed by atoms with Gasteiger partial charge in [-0.2, -0.15) is 0 Å². The highest BCUT2D eigenvalue weighted by atomic mass is 32.1. The fraction of sp³-hybridized carbons (Fsp3) is 0.571. The monoisotopic (exact) mass is 298 g/mol. The van der Waals surface area contributed by atoms with Crippen molar-refractivity contribution in [3.63, 3.8) is 0 Å². The van der Waals surface area contributed by atoms with Gasteiger partial charge in [0.1, 0.15) is 0 Å². The summed E-state index contributed by atoms with van der Waals surface area (Å²) < 4.78 is 0. The lowest BCUT2D eigenvalue weighted by molar-refractivity contribution is -0.121. The van der Waals surface area contributed by atoms with Gasteiger partial charge in [0.15, 0.2) is 0 Å². The van der Waals surface area contributed by atoms with E-state index in [1.165, 1.54) is 11.3 Å². The van der Waals surface area contributed by atoms with Crippen molar-refractivity contribution >= 4 is 23.2 Å². The summed E-state index contributed by atoms with van der Waals surface area (Å²) in [6.45, 7) is 4.73. The number of nitrogens with one attached hydrogen (secondary N) is 2. The molecule has 5 nitrogen and oxygen atoms in total. The third-order valence-electron chi connectivity index (χ3n) is 2.80. The van der Waals surface area contributed by atoms with Crippen molar-refractivity contribution in [3.05, 3.63) is 22.4 Å². The largest absolute Gasteiger partial charge is 0.396 e. The van der Waals surface area contributed by atoms with Crippen LogP contribution < -0.4 is 10.6 Å². The van der Waals surface area contributed by atoms with E-state index in [9.17, 15) is 9.59 Å². The summed E-state index contributed by atoms with van der Waals surface area (Å²) in [5, 5.41) is 16.5. The quantitative estimate of drug-likeness (QED) is 0.635. The topological polar surface area (TPSA) is 78.4 Å². The minimum atomic E-state index is -0.303. The third-order valence-corrected chi connectivity index (χ3v) is 3.67. The van der Waals surface area contributed by atoms with Crippen LogP contribution in [-0.4, -0.2) is 36.6 Å². The smallest absolute Gasteiger partial charge is 0.261 e. The van der Waals surface area contributed by atoms with E-state index in [1.807, 2.05) is 25.3 Å². The van der Waals surface area contributed by atoms with Crippen LogP contribution in [0.4, 0.5) is 0 Å². The molecule has 0 aliphatic rings. The number of carbonyl (C=O) groups excluding carboxylic acids is 2. The van der Waals surface area contributed by atoms with Gasteiger partial charge in [-0.3, -0.25) is 9.59 Å². The van der Waals surface area contributed by atoms with Crippen LogP contribution in [0.15, 0.2) is 17.5 Å². The van der Waals surface area contributed by atoms with Gasteiger partial charge in [0, 0.05) is 31.5 Å². The summed E-state index contributed by atoms with van der Waals surface area (Å²) in [6.07, 6.45) is 0.967. The van der Waals surface area contributed by atoms with Gasteiger partial charge in [-0.05, 0) is 17.9 Å². The number of aliphatic hydroxyl groups excluding tert-OH is 1. The van der Waals surface area contributed by atoms with Crippen LogP contribution in [0, 0.1) is 5.41 Å². The van der Waals surface area contributed by atoms with Crippen LogP contribution in [0.1, 0.15) is 36.4 Å². The maximum absolute atomic E-state index is 11.6. The number of hydrogen-bond donors (Lipinski definition) is 3. The number of aliphatic hydroxyl groups is 1. The molecule has 1 aromatic rings. The summed E-state index contributed by atoms with van der Waals surface area (Å²) >= 11 is 1.39. The minimum Gasteiger partial charge on any atom is -0.396 e. The average Bonchev–Trinajstić information content (AvgIpc) is 2.95. The fourth-order valence-corrected chi connectivity index (χ4v) is 2.07. The van der Waals surface area contributed by atoms with E-state index in [-0.39, 0.29) is 23.8 Å². The Bertz CT molecular complexity index is 430. The lowest BCUT2D eigenvalue weighted by Gasteiger charge is -2.21. The first kappa shape index (κ1) is 16.7. The number of hydrogen-bond acceptors (Lipinski definition) is 4. The second-order valence-electron chi connectivity index (χ2n) is 5.44. The minimum absolute atomic E-state index is 0.0319. The summed E-state index contributed by atoms with van der Waals surface area (Å²) in [5.74, 6) is -0.154. The predicted octanol–water partition coefficient (Wildman–Crippen LogP) is 1.39. The molecule has 0 unspecified atom stereocenters. The Morgan fingerprint density at radius 1 is 1.35 bits per heavy atom. The van der Waals surface area contributed by atoms with E-state index in [2.05, 4.69) is 10.6 Å². The van der Waals surface area contributed by atoms with Gasteiger partial charge in [0.05, 0.1) is 4.88 Å². The number of rotatable bonds is 8. The molecule has 0 aliphatic carbocycles. The summed E-state index contributed by atoms with van der Waals surface area (Å²) in [7, 11) is 0. The van der Waals surface area contributed by atoms with Crippen molar-refractivity contribution in [2.75, 3.05) is 19.7 Å². The van der Waals surface area contributed by atoms with Gasteiger partial charge in [-0.1, -0.05) is 19.9 Å². The molecule has 0 spiro atoms. The normalized spacial score (nSPS) is 11.2. The highest BCUT2D eigenvalue weighted by Gasteiger charge is 2.17. The highest BCUT2D eigenvalue weighted by Crippen LogP contribution is 2.11. The van der Waals surface area contributed by atoms with Crippen LogP contribution in [-0.2, 0) is 4.79 Å². The van der Waals surface area contributed by atoms with Crippen LogP contribution in [0.3, 0.4) is 0 Å². The highest BCUT2D eigenvalue weighted by molar-refractivity contribution is 7.12. The van der Waals surface area contributed by atoms with E-state index in [1.54, 1.807) is 6.07 Å². The molecule has 0 saturated heterocycles. The molecule has 20 heavy (non-hydrogen) atoms. The number of amides is 2. The second-order valence-corrected chi connectivity index (χ2v) is 6.38. The molecule has 0 saturated carbocycles. The first-order valence-electron chi connectivity index (χ1n) is 6.64. The summed E-state index contributed by atoms with van der Waals surface area (Å²) in [5.41, 5.74) is -0.303. The lowest BCUT2D eigenvalue weighted by atomic mass is 9.95. The molecule has 6 heteroatoms. The van der Waals surface area contributed by atoms with E-state index >= 15 is 0 Å². The van der Waals surface area contributed by atoms with Crippen molar-refractivity contribution in [2.45, 2.75) is 26.7 Å². The van der Waals surface area contributed by atoms with Crippen LogP contribution in [0.5, 0.6) is 0 Å². The van der Waals surface area contributed by atoms with Crippen LogP contribution in [0.25, 0.3) is 0 Å². The van der Waals surface area contributed by atoms with Gasteiger partial charge in [-0.15, -0.1) is 11.3 Å². The lowest BCUT2D eigenvalue weighted by Crippen LogP contribution is -2.36. The summed E-state index contributed by atoms with van der Waals surface area (Å²) in [4.78, 5) is 23.9. The maximum Gasteiger partial charge on any atom is 0.261 e. The Kier molecular flexibility index (Phi) is 6.67. The molecule has 0 aliphatic heterocycles. The van der Waals surface area contributed by atoms with Crippen molar-refractivity contribution in [1.29, 1.82) is 0 Å². The number of thiophene rings is 1. The Morgan fingerprint density at radius 3 is 2.70 bits per heavy atom. The van der Waals surface area contributed by atoms with Crippen LogP contribution in [0.2, 0.25) is 0 Å². The zero-order chi connectivity index (χ0) is 15.0. The van der Waals surface area contributed by atoms with Gasteiger partial charge >= 0.3 is 0 Å². The van der Waals surface area contributed by atoms with E-state index in [4.69, 9.17) is 5.11 Å². The SMILES string of the molecule is CC(C)(CO)CNC(=O)CCCNC(=O)c1cccs1. The zero-order valence-electron chi connectivity index (χ0n) is 11.9. The molecule has 1 aromatic heterocycles. The fourth-order valence-electron chi connectivity index (χ4n) is 1.43. The Balaban J connectivity index is 2.12. The first-order valence-corrected chi connectivity index (χ1v) is 7.52. The Hall–Kier alpha value is -1.40. The molecule has 1 heterocycles. The predicted molar refractivity (Wildman–Crippen MR) is 79.8 cm³/mol. The standard InChI is InChI=1S/C14H22N2O3S/c1-14(2,10-17)9-16-12(18)6-3-7-15-13(19)11-5-4-8-20-11/h4-5,8,17H,3,6-7,9-10H2,1-2H3,(H,15,19)(H,16,18). The first-order chi connectivity index (χ1) is 9.44. The van der Waals surface area contributed by atoms with Gasteiger partial charge in [-0.25, -0.2) is 0 Å². The van der Waals surface area contributed by atoms with Crippen molar-refractivity contribution in [2.24, 2.45) is 5.41 Å². The van der Waals surface area contributed by atoms with Gasteiger partial charge in [0.2, 0.25) is 5.91 Å². The Labute approximate surface area is 123 Å². The zero-order valence-corrected chi connectivity index (χ0v) is 12.8. The maximum atomic E-state index is 11.6. The molecule has 112 valence electrons. The molecule has 0 radical (unpaired) electrons. The molecule has 2 amide bonds. The van der Waals surface area contributed by atoms with Crippen molar-refractivity contribution in [3.8, 4) is 0 Å². The summed E-state index contributed by atoms with van der Waals surface area (Å²) in [6, 6.07) is 3.60. The number of carbonyl (C=O) groups is 2. The van der Waals surface area contributed by atoms with E-state index < -0.39 is 0 Å². The third kappa shape index (κ3) is 6.16. The van der Waals surface area contributed by atoms with Crippen molar-refractivity contribution in [1.82, 2.24) is 10.6 Å². The Morgan fingerprint density at radius 2 is 2.10 bits per heavy atom. The van der Waals surface area contributed by atoms with Crippen molar-refractivity contribution < 1.29 is 14.7 Å². The van der Waals surface area contributed by atoms with Gasteiger partial charge < -0.3 is 15.7 Å². The molecule has 3 N–H and O–H groups in total. The second kappa shape index (κ2) is 8.01. The average molecular weight is 298 g/mol. The van der Waals surface area contributed by atoms with Crippen LogP contribution >= 0.6 is 11.3 Å².